The van der Waals surface area contributed by atoms with E-state index in [1.165, 1.54) is 26.2 Å². The van der Waals surface area contributed by atoms with Gasteiger partial charge in [0.05, 0.1) is 27.5 Å². The van der Waals surface area contributed by atoms with Crippen LogP contribution in [0.5, 0.6) is 0 Å². The Morgan fingerprint density at radius 3 is 2.35 bits per heavy atom. The summed E-state index contributed by atoms with van der Waals surface area (Å²) in [5, 5.41) is 0.182. The van der Waals surface area contributed by atoms with E-state index in [0.717, 1.165) is 14.5 Å². The fourth-order valence-electron chi connectivity index (χ4n) is 1.82. The number of hydrogen-bond donors (Lipinski definition) is 0. The summed E-state index contributed by atoms with van der Waals surface area (Å²) in [6.45, 7) is 0. The van der Waals surface area contributed by atoms with E-state index in [1.807, 2.05) is 0 Å². The standard InChI is InChI=1S/C13H11Cl2N3O4S/c1-17(2)23(21,22)18-5-11(16-12(18)7-20)8-3-4-10(14)9(6-19)13(8)15/h3-7H,1-2H3. The molecule has 0 fully saturated rings. The Labute approximate surface area is 142 Å². The van der Waals surface area contributed by atoms with Crippen LogP contribution in [0.25, 0.3) is 11.3 Å². The fourth-order valence-corrected chi connectivity index (χ4v) is 3.28. The van der Waals surface area contributed by atoms with Crippen LogP contribution < -0.4 is 0 Å². The zero-order valence-corrected chi connectivity index (χ0v) is 14.4. The van der Waals surface area contributed by atoms with Gasteiger partial charge in [0.15, 0.2) is 18.4 Å². The van der Waals surface area contributed by atoms with Crippen LogP contribution in [-0.4, -0.2) is 48.3 Å². The molecule has 1 aromatic carbocycles. The van der Waals surface area contributed by atoms with E-state index < -0.39 is 10.2 Å². The smallest absolute Gasteiger partial charge is 0.298 e. The van der Waals surface area contributed by atoms with Crippen molar-refractivity contribution in [2.75, 3.05) is 14.1 Å². The summed E-state index contributed by atoms with van der Waals surface area (Å²) in [6, 6.07) is 2.92. The molecule has 0 aliphatic rings. The van der Waals surface area contributed by atoms with E-state index >= 15 is 0 Å². The molecule has 0 saturated carbocycles. The fraction of sp³-hybridized carbons (Fsp3) is 0.154. The lowest BCUT2D eigenvalue weighted by atomic mass is 10.1. The van der Waals surface area contributed by atoms with Crippen molar-refractivity contribution in [2.45, 2.75) is 0 Å². The van der Waals surface area contributed by atoms with Crippen LogP contribution in [0.1, 0.15) is 21.0 Å². The maximum Gasteiger partial charge on any atom is 0.308 e. The predicted octanol–water partition coefficient (Wildman–Crippen LogP) is 2.14. The van der Waals surface area contributed by atoms with Gasteiger partial charge in [0.1, 0.15) is 0 Å². The average molecular weight is 376 g/mol. The third-order valence-corrected chi connectivity index (χ3v) is 5.49. The summed E-state index contributed by atoms with van der Waals surface area (Å²) in [6.07, 6.45) is 1.96. The summed E-state index contributed by atoms with van der Waals surface area (Å²) >= 11 is 12.0. The predicted molar refractivity (Wildman–Crippen MR) is 86.5 cm³/mol. The minimum absolute atomic E-state index is 0.0249. The van der Waals surface area contributed by atoms with Gasteiger partial charge in [-0.15, -0.1) is 0 Å². The first-order chi connectivity index (χ1) is 10.7. The van der Waals surface area contributed by atoms with E-state index in [9.17, 15) is 18.0 Å². The molecule has 0 radical (unpaired) electrons. The number of rotatable bonds is 5. The van der Waals surface area contributed by atoms with Crippen LogP contribution >= 0.6 is 23.2 Å². The molecule has 0 spiro atoms. The first-order valence-corrected chi connectivity index (χ1v) is 8.30. The van der Waals surface area contributed by atoms with Crippen LogP contribution in [0.2, 0.25) is 10.0 Å². The summed E-state index contributed by atoms with van der Waals surface area (Å²) in [7, 11) is -1.28. The van der Waals surface area contributed by atoms with Crippen molar-refractivity contribution in [3.63, 3.8) is 0 Å². The van der Waals surface area contributed by atoms with E-state index in [-0.39, 0.29) is 32.7 Å². The topological polar surface area (TPSA) is 89.3 Å². The maximum atomic E-state index is 12.2. The highest BCUT2D eigenvalue weighted by molar-refractivity contribution is 7.87. The van der Waals surface area contributed by atoms with Crippen LogP contribution in [0.3, 0.4) is 0 Å². The van der Waals surface area contributed by atoms with Crippen molar-refractivity contribution in [3.8, 4) is 11.3 Å². The third-order valence-electron chi connectivity index (χ3n) is 3.04. The van der Waals surface area contributed by atoms with Crippen molar-refractivity contribution < 1.29 is 18.0 Å². The third kappa shape index (κ3) is 3.02. The minimum atomic E-state index is -3.93. The van der Waals surface area contributed by atoms with Gasteiger partial charge in [-0.1, -0.05) is 23.2 Å². The number of nitrogens with zero attached hydrogens (tertiary/aromatic N) is 3. The summed E-state index contributed by atoms with van der Waals surface area (Å²) in [5.74, 6) is -0.313. The number of halogens is 2. The molecular weight excluding hydrogens is 365 g/mol. The van der Waals surface area contributed by atoms with Crippen molar-refractivity contribution in [1.82, 2.24) is 13.3 Å². The molecule has 0 atom stereocenters. The van der Waals surface area contributed by atoms with Gasteiger partial charge in [-0.05, 0) is 12.1 Å². The molecule has 0 N–H and O–H groups in total. The van der Waals surface area contributed by atoms with Gasteiger partial charge in [-0.2, -0.15) is 12.7 Å². The second kappa shape index (κ2) is 6.40. The molecule has 7 nitrogen and oxygen atoms in total. The van der Waals surface area contributed by atoms with Crippen molar-refractivity contribution in [2.24, 2.45) is 0 Å². The summed E-state index contributed by atoms with van der Waals surface area (Å²) in [5.41, 5.74) is 0.472. The Morgan fingerprint density at radius 1 is 1.17 bits per heavy atom. The number of benzene rings is 1. The Kier molecular flexibility index (Phi) is 4.90. The second-order valence-corrected chi connectivity index (χ2v) is 7.43. The Morgan fingerprint density at radius 2 is 1.83 bits per heavy atom. The number of aromatic nitrogens is 2. The molecule has 0 bridgehead atoms. The van der Waals surface area contributed by atoms with Crippen LogP contribution in [0, 0.1) is 0 Å². The lowest BCUT2D eigenvalue weighted by Crippen LogP contribution is -2.29. The highest BCUT2D eigenvalue weighted by atomic mass is 35.5. The van der Waals surface area contributed by atoms with Crippen molar-refractivity contribution >= 4 is 46.0 Å². The quantitative estimate of drug-likeness (QED) is 0.746. The van der Waals surface area contributed by atoms with E-state index in [2.05, 4.69) is 4.98 Å². The molecule has 0 aliphatic carbocycles. The normalized spacial score (nSPS) is 11.7. The maximum absolute atomic E-state index is 12.2. The first kappa shape index (κ1) is 17.6. The largest absolute Gasteiger partial charge is 0.308 e. The van der Waals surface area contributed by atoms with Gasteiger partial charge in [-0.3, -0.25) is 9.59 Å². The van der Waals surface area contributed by atoms with Crippen molar-refractivity contribution in [3.05, 3.63) is 39.8 Å². The molecule has 2 aromatic rings. The number of aldehydes is 2. The minimum Gasteiger partial charge on any atom is -0.298 e. The van der Waals surface area contributed by atoms with Crippen LogP contribution in [-0.2, 0) is 10.2 Å². The highest BCUT2D eigenvalue weighted by Gasteiger charge is 2.23. The van der Waals surface area contributed by atoms with Gasteiger partial charge in [0.2, 0.25) is 0 Å². The van der Waals surface area contributed by atoms with Crippen molar-refractivity contribution in [1.29, 1.82) is 0 Å². The summed E-state index contributed by atoms with van der Waals surface area (Å²) < 4.78 is 26.1. The highest BCUT2D eigenvalue weighted by Crippen LogP contribution is 2.33. The SMILES string of the molecule is CN(C)S(=O)(=O)n1cc(-c2ccc(Cl)c(C=O)c2Cl)nc1C=O. The molecule has 2 rings (SSSR count). The molecule has 1 aromatic heterocycles. The summed E-state index contributed by atoms with van der Waals surface area (Å²) in [4.78, 5) is 26.1. The monoisotopic (exact) mass is 375 g/mol. The van der Waals surface area contributed by atoms with E-state index in [1.54, 1.807) is 0 Å². The number of carbonyl (C=O) groups is 2. The zero-order chi connectivity index (χ0) is 17.4. The van der Waals surface area contributed by atoms with Crippen LogP contribution in [0.4, 0.5) is 0 Å². The van der Waals surface area contributed by atoms with E-state index in [4.69, 9.17) is 23.2 Å². The lowest BCUT2D eigenvalue weighted by molar-refractivity contribution is 0.111. The number of imidazole rings is 1. The molecule has 23 heavy (non-hydrogen) atoms. The molecule has 0 unspecified atom stereocenters. The molecule has 1 heterocycles. The van der Waals surface area contributed by atoms with Gasteiger partial charge < -0.3 is 0 Å². The average Bonchev–Trinajstić information content (AvgIpc) is 2.92. The molecule has 0 saturated heterocycles. The molecule has 122 valence electrons. The van der Waals surface area contributed by atoms with Gasteiger partial charge in [0, 0.05) is 19.7 Å². The lowest BCUT2D eigenvalue weighted by Gasteiger charge is -2.12. The molecule has 10 heteroatoms. The van der Waals surface area contributed by atoms with Gasteiger partial charge in [0.25, 0.3) is 0 Å². The number of carbonyl (C=O) groups excluding carboxylic acids is 2. The molecule has 0 aliphatic heterocycles. The zero-order valence-electron chi connectivity index (χ0n) is 12.0. The Bertz CT molecular complexity index is 891. The Hall–Kier alpha value is -1.74. The first-order valence-electron chi connectivity index (χ1n) is 6.15. The second-order valence-electron chi connectivity index (χ2n) is 4.63. The molecular formula is C13H11Cl2N3O4S. The Balaban J connectivity index is 2.71. The van der Waals surface area contributed by atoms with E-state index in [0.29, 0.717) is 12.6 Å². The van der Waals surface area contributed by atoms with Crippen LogP contribution in [0.15, 0.2) is 18.3 Å². The number of hydrogen-bond acceptors (Lipinski definition) is 5. The van der Waals surface area contributed by atoms with Gasteiger partial charge >= 0.3 is 10.2 Å². The van der Waals surface area contributed by atoms with Gasteiger partial charge in [-0.25, -0.2) is 8.96 Å². The molecule has 0 amide bonds.